The molecule has 1 aromatic carbocycles. The zero-order valence-electron chi connectivity index (χ0n) is 8.94. The molecule has 0 heterocycles. The highest BCUT2D eigenvalue weighted by atomic mass is 16.5. The quantitative estimate of drug-likeness (QED) is 0.745. The van der Waals surface area contributed by atoms with E-state index in [4.69, 9.17) is 20.9 Å². The van der Waals surface area contributed by atoms with Crippen LogP contribution in [0.1, 0.15) is 20.7 Å². The van der Waals surface area contributed by atoms with Gasteiger partial charge in [0.25, 0.3) is 5.91 Å². The van der Waals surface area contributed by atoms with Crippen LogP contribution in [0.15, 0.2) is 12.1 Å². The second-order valence-corrected chi connectivity index (χ2v) is 2.98. The Morgan fingerprint density at radius 1 is 1.00 bits per heavy atom. The van der Waals surface area contributed by atoms with E-state index in [2.05, 4.69) is 0 Å². The van der Waals surface area contributed by atoms with Gasteiger partial charge in [-0.2, -0.15) is 0 Å². The van der Waals surface area contributed by atoms with Crippen LogP contribution in [-0.4, -0.2) is 26.0 Å². The highest BCUT2D eigenvalue weighted by Gasteiger charge is 2.18. The van der Waals surface area contributed by atoms with Gasteiger partial charge in [0.2, 0.25) is 5.91 Å². The van der Waals surface area contributed by atoms with Crippen molar-refractivity contribution < 1.29 is 19.1 Å². The second kappa shape index (κ2) is 4.52. The van der Waals surface area contributed by atoms with E-state index in [1.54, 1.807) is 0 Å². The van der Waals surface area contributed by atoms with Crippen molar-refractivity contribution in [3.05, 3.63) is 23.3 Å². The van der Waals surface area contributed by atoms with E-state index in [1.165, 1.54) is 26.4 Å². The highest BCUT2D eigenvalue weighted by Crippen LogP contribution is 2.29. The number of ether oxygens (including phenoxy) is 2. The Labute approximate surface area is 92.1 Å². The maximum absolute atomic E-state index is 11.2. The second-order valence-electron chi connectivity index (χ2n) is 2.98. The van der Waals surface area contributed by atoms with E-state index in [-0.39, 0.29) is 22.6 Å². The molecule has 86 valence electrons. The van der Waals surface area contributed by atoms with Crippen molar-refractivity contribution in [3.8, 4) is 11.5 Å². The minimum Gasteiger partial charge on any atom is -0.496 e. The molecule has 0 aliphatic rings. The molecule has 0 bridgehead atoms. The van der Waals surface area contributed by atoms with Crippen molar-refractivity contribution in [2.75, 3.05) is 14.2 Å². The van der Waals surface area contributed by atoms with Crippen molar-refractivity contribution in [1.82, 2.24) is 0 Å². The van der Waals surface area contributed by atoms with Crippen LogP contribution in [-0.2, 0) is 0 Å². The maximum Gasteiger partial charge on any atom is 0.256 e. The molecule has 0 aliphatic carbocycles. The Hall–Kier alpha value is -2.24. The van der Waals surface area contributed by atoms with Crippen LogP contribution in [0.3, 0.4) is 0 Å². The van der Waals surface area contributed by atoms with Crippen molar-refractivity contribution in [2.45, 2.75) is 0 Å². The summed E-state index contributed by atoms with van der Waals surface area (Å²) in [6, 6.07) is 2.68. The lowest BCUT2D eigenvalue weighted by Crippen LogP contribution is -2.17. The molecule has 0 saturated carbocycles. The summed E-state index contributed by atoms with van der Waals surface area (Å²) in [5.74, 6) is -1.04. The zero-order chi connectivity index (χ0) is 12.3. The number of hydrogen-bond donors (Lipinski definition) is 2. The van der Waals surface area contributed by atoms with Crippen LogP contribution < -0.4 is 20.9 Å². The van der Waals surface area contributed by atoms with Crippen molar-refractivity contribution in [1.29, 1.82) is 0 Å². The van der Waals surface area contributed by atoms with Gasteiger partial charge in [0.1, 0.15) is 17.1 Å². The summed E-state index contributed by atoms with van der Waals surface area (Å²) in [5.41, 5.74) is 10.6. The fourth-order valence-corrected chi connectivity index (χ4v) is 1.30. The van der Waals surface area contributed by atoms with Gasteiger partial charge in [-0.15, -0.1) is 0 Å². The summed E-state index contributed by atoms with van der Waals surface area (Å²) in [6.45, 7) is 0. The average Bonchev–Trinajstić information content (AvgIpc) is 2.26. The molecule has 0 aliphatic heterocycles. The number of amides is 2. The third kappa shape index (κ3) is 2.05. The topological polar surface area (TPSA) is 105 Å². The molecule has 6 nitrogen and oxygen atoms in total. The lowest BCUT2D eigenvalue weighted by molar-refractivity contribution is 0.0982. The number of rotatable bonds is 4. The number of carbonyl (C=O) groups is 2. The van der Waals surface area contributed by atoms with E-state index in [0.29, 0.717) is 0 Å². The average molecular weight is 224 g/mol. The lowest BCUT2D eigenvalue weighted by Gasteiger charge is -2.11. The summed E-state index contributed by atoms with van der Waals surface area (Å²) < 4.78 is 9.90. The highest BCUT2D eigenvalue weighted by molar-refractivity contribution is 6.01. The molecule has 0 atom stereocenters. The molecule has 0 saturated heterocycles. The summed E-state index contributed by atoms with van der Waals surface area (Å²) in [6.07, 6.45) is 0. The summed E-state index contributed by atoms with van der Waals surface area (Å²) in [4.78, 5) is 22.2. The number of hydrogen-bond acceptors (Lipinski definition) is 4. The summed E-state index contributed by atoms with van der Waals surface area (Å²) in [5, 5.41) is 0. The van der Waals surface area contributed by atoms with Gasteiger partial charge in [-0.05, 0) is 12.1 Å². The van der Waals surface area contributed by atoms with E-state index in [1.807, 2.05) is 0 Å². The van der Waals surface area contributed by atoms with Gasteiger partial charge >= 0.3 is 0 Å². The predicted molar refractivity (Wildman–Crippen MR) is 56.6 cm³/mol. The molecule has 0 radical (unpaired) electrons. The molecular weight excluding hydrogens is 212 g/mol. The number of benzene rings is 1. The Bertz CT molecular complexity index is 417. The lowest BCUT2D eigenvalue weighted by atomic mass is 10.1. The number of primary amides is 2. The van der Waals surface area contributed by atoms with E-state index >= 15 is 0 Å². The third-order valence-electron chi connectivity index (χ3n) is 2.04. The van der Waals surface area contributed by atoms with Gasteiger partial charge in [-0.3, -0.25) is 9.59 Å². The van der Waals surface area contributed by atoms with Crippen LogP contribution in [0, 0.1) is 0 Å². The molecule has 0 unspecified atom stereocenters. The first-order valence-electron chi connectivity index (χ1n) is 4.37. The van der Waals surface area contributed by atoms with Crippen molar-refractivity contribution >= 4 is 11.8 Å². The number of methoxy groups -OCH3 is 2. The van der Waals surface area contributed by atoms with Crippen LogP contribution in [0.5, 0.6) is 11.5 Å². The Kier molecular flexibility index (Phi) is 3.34. The molecule has 0 aromatic heterocycles. The monoisotopic (exact) mass is 224 g/mol. The normalized spacial score (nSPS) is 9.62. The van der Waals surface area contributed by atoms with Crippen LogP contribution in [0.25, 0.3) is 0 Å². The molecule has 2 amide bonds. The molecule has 4 N–H and O–H groups in total. The first kappa shape index (κ1) is 11.8. The fraction of sp³-hybridized carbons (Fsp3) is 0.200. The van der Waals surface area contributed by atoms with Gasteiger partial charge in [0.15, 0.2) is 0 Å². The zero-order valence-corrected chi connectivity index (χ0v) is 8.94. The molecule has 0 fully saturated rings. The van der Waals surface area contributed by atoms with Crippen LogP contribution in [0.4, 0.5) is 0 Å². The van der Waals surface area contributed by atoms with E-state index < -0.39 is 11.8 Å². The van der Waals surface area contributed by atoms with Crippen molar-refractivity contribution in [3.63, 3.8) is 0 Å². The molecule has 1 aromatic rings. The Balaban J connectivity index is 3.49. The SMILES string of the molecule is COc1cc(C(N)=O)cc(OC)c1C(N)=O. The van der Waals surface area contributed by atoms with Gasteiger partial charge in [0.05, 0.1) is 14.2 Å². The largest absolute Gasteiger partial charge is 0.496 e. The van der Waals surface area contributed by atoms with E-state index in [9.17, 15) is 9.59 Å². The molecule has 0 spiro atoms. The molecule has 6 heteroatoms. The van der Waals surface area contributed by atoms with E-state index in [0.717, 1.165) is 0 Å². The van der Waals surface area contributed by atoms with Gasteiger partial charge in [0, 0.05) is 5.56 Å². The molecule has 1 rings (SSSR count). The first-order valence-corrected chi connectivity index (χ1v) is 4.37. The van der Waals surface area contributed by atoms with Crippen LogP contribution in [0.2, 0.25) is 0 Å². The summed E-state index contributed by atoms with van der Waals surface area (Å²) in [7, 11) is 2.71. The molecular formula is C10H12N2O4. The van der Waals surface area contributed by atoms with Crippen molar-refractivity contribution in [2.24, 2.45) is 11.5 Å². The van der Waals surface area contributed by atoms with Gasteiger partial charge in [-0.25, -0.2) is 0 Å². The minimum absolute atomic E-state index is 0.0787. The number of carbonyl (C=O) groups excluding carboxylic acids is 2. The molecule has 16 heavy (non-hydrogen) atoms. The predicted octanol–water partition coefficient (Wildman–Crippen LogP) is -0.0984. The smallest absolute Gasteiger partial charge is 0.256 e. The Morgan fingerprint density at radius 3 is 1.69 bits per heavy atom. The number of nitrogens with two attached hydrogens (primary N) is 2. The van der Waals surface area contributed by atoms with Gasteiger partial charge < -0.3 is 20.9 Å². The third-order valence-corrected chi connectivity index (χ3v) is 2.04. The van der Waals surface area contributed by atoms with Gasteiger partial charge in [-0.1, -0.05) is 0 Å². The maximum atomic E-state index is 11.2. The Morgan fingerprint density at radius 2 is 1.44 bits per heavy atom. The fourth-order valence-electron chi connectivity index (χ4n) is 1.30. The summed E-state index contributed by atoms with van der Waals surface area (Å²) >= 11 is 0. The first-order chi connectivity index (χ1) is 7.51. The van der Waals surface area contributed by atoms with Crippen LogP contribution >= 0.6 is 0 Å². The standard InChI is InChI=1S/C10H12N2O4/c1-15-6-3-5(9(11)13)4-7(16-2)8(6)10(12)14/h3-4H,1-2H3,(H2,11,13)(H2,12,14). The minimum atomic E-state index is -0.704.